The first kappa shape index (κ1) is 7.66. The van der Waals surface area contributed by atoms with Gasteiger partial charge in [0.15, 0.2) is 0 Å². The summed E-state index contributed by atoms with van der Waals surface area (Å²) in [6.07, 6.45) is -0.587. The van der Waals surface area contributed by atoms with Crippen molar-refractivity contribution < 1.29 is 28.4 Å². The summed E-state index contributed by atoms with van der Waals surface area (Å²) in [4.78, 5) is 10.1. The summed E-state index contributed by atoms with van der Waals surface area (Å²) in [5.41, 5.74) is 0. The van der Waals surface area contributed by atoms with Gasteiger partial charge >= 0.3 is 63.8 Å². The van der Waals surface area contributed by atoms with Gasteiger partial charge in [0.2, 0.25) is 0 Å². The van der Waals surface area contributed by atoms with Gasteiger partial charge in [0.25, 0.3) is 0 Å². The Balaban J connectivity index is 3.35. The van der Waals surface area contributed by atoms with Gasteiger partial charge in [0.05, 0.1) is 0 Å². The van der Waals surface area contributed by atoms with Crippen LogP contribution < -0.4 is 0 Å². The molecule has 0 rings (SSSR count). The minimum atomic E-state index is -0.587. The van der Waals surface area contributed by atoms with E-state index in [2.05, 4.69) is 29.0 Å². The summed E-state index contributed by atoms with van der Waals surface area (Å²) in [5, 5.41) is 0. The van der Waals surface area contributed by atoms with Gasteiger partial charge in [-0.2, -0.15) is 0 Å². The molecule has 0 aliphatic rings. The molecule has 41 valence electrons. The average Bonchev–Trinajstić information content (AvgIpc) is 1.65. The number of amides is 1. The predicted octanol–water partition coefficient (Wildman–Crippen LogP) is 0.576. The fourth-order valence-electron chi connectivity index (χ4n) is 0.0333. The molecule has 0 aliphatic carbocycles. The molecule has 0 atom stereocenters. The van der Waals surface area contributed by atoms with E-state index in [1.54, 1.807) is 0 Å². The minimum absolute atomic E-state index is 0.587. The zero-order chi connectivity index (χ0) is 5.86. The molecule has 0 heterocycles. The summed E-state index contributed by atoms with van der Waals surface area (Å²) in [6, 6.07) is 0. The van der Waals surface area contributed by atoms with E-state index in [0.29, 0.717) is 0 Å². The molecule has 0 aromatic carbocycles. The SMILES string of the molecule is O=C([O][Mo])N(S)S. The van der Waals surface area contributed by atoms with Crippen LogP contribution in [0.1, 0.15) is 0 Å². The van der Waals surface area contributed by atoms with Crippen LogP contribution in [-0.4, -0.2) is 9.80 Å². The second kappa shape index (κ2) is 3.63. The first-order valence-electron chi connectivity index (χ1n) is 1.20. The van der Waals surface area contributed by atoms with E-state index in [1.807, 2.05) is 0 Å². The van der Waals surface area contributed by atoms with Crippen molar-refractivity contribution in [1.29, 1.82) is 0 Å². The molecule has 0 N–H and O–H groups in total. The molecule has 0 fully saturated rings. The molecular weight excluding hydrogens is 218 g/mol. The molecule has 0 spiro atoms. The zero-order valence-corrected chi connectivity index (χ0v) is 6.86. The molecule has 0 aromatic heterocycles. The van der Waals surface area contributed by atoms with E-state index in [1.165, 1.54) is 20.2 Å². The van der Waals surface area contributed by atoms with Crippen molar-refractivity contribution in [2.45, 2.75) is 0 Å². The van der Waals surface area contributed by atoms with Crippen LogP contribution in [0.4, 0.5) is 4.79 Å². The molecule has 6 heteroatoms. The Morgan fingerprint density at radius 1 is 1.71 bits per heavy atom. The fraction of sp³-hybridized carbons (Fsp3) is 0. The second-order valence-electron chi connectivity index (χ2n) is 0.639. The maximum absolute atomic E-state index is 10.1. The molecule has 1 amide bonds. The van der Waals surface area contributed by atoms with Gasteiger partial charge in [-0.15, -0.1) is 0 Å². The van der Waals surface area contributed by atoms with E-state index in [0.717, 1.165) is 3.71 Å². The molecule has 0 bridgehead atoms. The van der Waals surface area contributed by atoms with Crippen LogP contribution in [0.25, 0.3) is 0 Å². The third-order valence-corrected chi connectivity index (χ3v) is 0.912. The van der Waals surface area contributed by atoms with Crippen LogP contribution in [0, 0.1) is 0 Å². The Hall–Kier alpha value is 0.658. The van der Waals surface area contributed by atoms with Crippen molar-refractivity contribution >= 4 is 31.7 Å². The van der Waals surface area contributed by atoms with Gasteiger partial charge < -0.3 is 0 Å². The average molecular weight is 220 g/mol. The first-order chi connectivity index (χ1) is 3.18. The third-order valence-electron chi connectivity index (χ3n) is 0.235. The van der Waals surface area contributed by atoms with Crippen LogP contribution in [0.3, 0.4) is 0 Å². The molecule has 0 unspecified atom stereocenters. The summed E-state index contributed by atoms with van der Waals surface area (Å²) >= 11 is 8.18. The monoisotopic (exact) mass is 222 g/mol. The van der Waals surface area contributed by atoms with Crippen LogP contribution in [-0.2, 0) is 23.6 Å². The second-order valence-corrected chi connectivity index (χ2v) is 2.16. The third kappa shape index (κ3) is 3.26. The summed E-state index contributed by atoms with van der Waals surface area (Å²) < 4.78 is 4.91. The Labute approximate surface area is 63.8 Å². The first-order valence-corrected chi connectivity index (χ1v) is 2.82. The number of hydrogen-bond acceptors (Lipinski definition) is 4. The number of hydrogen-bond donors (Lipinski definition) is 2. The molecule has 3 nitrogen and oxygen atoms in total. The van der Waals surface area contributed by atoms with Crippen LogP contribution in [0.2, 0.25) is 0 Å². The van der Waals surface area contributed by atoms with E-state index in [-0.39, 0.29) is 0 Å². The maximum atomic E-state index is 10.1. The standard InChI is InChI=1S/CH3NO2S2.Mo/c3-1(4)2(5)6;/h5-6H,(H,3,4);/q;+1/p-1. The van der Waals surface area contributed by atoms with Crippen LogP contribution in [0.5, 0.6) is 0 Å². The van der Waals surface area contributed by atoms with E-state index >= 15 is 0 Å². The number of carbonyl (C=O) groups excluding carboxylic acids is 1. The number of rotatable bonds is 0. The summed E-state index contributed by atoms with van der Waals surface area (Å²) in [6.45, 7) is 0. The quantitative estimate of drug-likeness (QED) is 0.462. The van der Waals surface area contributed by atoms with Gasteiger partial charge in [-0.1, -0.05) is 0 Å². The molecule has 7 heavy (non-hydrogen) atoms. The molecule has 0 saturated heterocycles. The van der Waals surface area contributed by atoms with Crippen molar-refractivity contribution in [3.05, 3.63) is 0 Å². The van der Waals surface area contributed by atoms with Crippen molar-refractivity contribution in [2.24, 2.45) is 0 Å². The number of thiol groups is 2. The van der Waals surface area contributed by atoms with Crippen molar-refractivity contribution in [3.63, 3.8) is 0 Å². The van der Waals surface area contributed by atoms with Crippen molar-refractivity contribution in [3.8, 4) is 0 Å². The summed E-state index contributed by atoms with van der Waals surface area (Å²) in [5.74, 6) is 0. The number of carbonyl (C=O) groups is 1. The van der Waals surface area contributed by atoms with Gasteiger partial charge in [-0.05, 0) is 0 Å². The Morgan fingerprint density at radius 3 is 2.14 bits per heavy atom. The van der Waals surface area contributed by atoms with Crippen LogP contribution in [0.15, 0.2) is 0 Å². The summed E-state index contributed by atoms with van der Waals surface area (Å²) in [7, 11) is 0. The van der Waals surface area contributed by atoms with Crippen LogP contribution >= 0.6 is 25.6 Å². The molecule has 0 saturated carbocycles. The van der Waals surface area contributed by atoms with Gasteiger partial charge in [0.1, 0.15) is 0 Å². The topological polar surface area (TPSA) is 29.5 Å². The molecular formula is CH2MoNO2S2. The van der Waals surface area contributed by atoms with E-state index in [9.17, 15) is 4.79 Å². The van der Waals surface area contributed by atoms with Gasteiger partial charge in [-0.3, -0.25) is 0 Å². The predicted molar refractivity (Wildman–Crippen MR) is 26.3 cm³/mol. The Morgan fingerprint density at radius 2 is 2.14 bits per heavy atom. The van der Waals surface area contributed by atoms with E-state index in [4.69, 9.17) is 0 Å². The fourth-order valence-corrected chi connectivity index (χ4v) is 0.592. The molecule has 0 radical (unpaired) electrons. The zero-order valence-electron chi connectivity index (χ0n) is 3.07. The van der Waals surface area contributed by atoms with Gasteiger partial charge in [0, 0.05) is 0 Å². The Bertz CT molecular complexity index is 76.1. The normalized spacial score (nSPS) is 7.71. The molecule has 0 aliphatic heterocycles. The van der Waals surface area contributed by atoms with Crippen molar-refractivity contribution in [1.82, 2.24) is 3.71 Å². The molecule has 0 aromatic rings. The number of nitrogens with zero attached hydrogens (tertiary/aromatic N) is 1. The van der Waals surface area contributed by atoms with Crippen molar-refractivity contribution in [2.75, 3.05) is 0 Å². The Kier molecular flexibility index (Phi) is 3.98. The van der Waals surface area contributed by atoms with E-state index < -0.39 is 6.09 Å². The van der Waals surface area contributed by atoms with Gasteiger partial charge in [-0.25, -0.2) is 0 Å².